The van der Waals surface area contributed by atoms with Gasteiger partial charge in [0.25, 0.3) is 0 Å². The summed E-state index contributed by atoms with van der Waals surface area (Å²) in [6, 6.07) is 6.95. The maximum atomic E-state index is 11.8. The average molecular weight is 333 g/mol. The minimum atomic E-state index is -0.808. The van der Waals surface area contributed by atoms with Gasteiger partial charge in [-0.3, -0.25) is 9.69 Å². The molecule has 2 heterocycles. The van der Waals surface area contributed by atoms with E-state index in [1.807, 2.05) is 34.5 Å². The standard InChI is InChI=1S/C17H19NO4S/c1-21-12-4-3-11(14(9-12)22-2)10-18-7-5-15-13(6-8-23-15)16(18)17(19)20/h3-4,6,8-9,16H,5,7,10H2,1-2H3,(H,19,20). The average Bonchev–Trinajstić information content (AvgIpc) is 3.03. The predicted octanol–water partition coefficient (Wildman–Crippen LogP) is 2.95. The van der Waals surface area contributed by atoms with Gasteiger partial charge in [-0.25, -0.2) is 0 Å². The summed E-state index contributed by atoms with van der Waals surface area (Å²) in [5.41, 5.74) is 1.87. The molecule has 0 aliphatic carbocycles. The Kier molecular flexibility index (Phi) is 4.54. The number of ether oxygens (including phenoxy) is 2. The van der Waals surface area contributed by atoms with Crippen LogP contribution in [0, 0.1) is 0 Å². The summed E-state index contributed by atoms with van der Waals surface area (Å²) in [7, 11) is 3.22. The van der Waals surface area contributed by atoms with Gasteiger partial charge in [-0.05, 0) is 29.5 Å². The van der Waals surface area contributed by atoms with Crippen molar-refractivity contribution in [2.24, 2.45) is 0 Å². The van der Waals surface area contributed by atoms with Gasteiger partial charge in [-0.2, -0.15) is 0 Å². The van der Waals surface area contributed by atoms with Crippen LogP contribution >= 0.6 is 11.3 Å². The number of carboxylic acids is 1. The van der Waals surface area contributed by atoms with Crippen LogP contribution in [-0.4, -0.2) is 36.7 Å². The third kappa shape index (κ3) is 3.04. The van der Waals surface area contributed by atoms with E-state index < -0.39 is 12.0 Å². The number of rotatable bonds is 5. The van der Waals surface area contributed by atoms with E-state index in [0.717, 1.165) is 29.8 Å². The van der Waals surface area contributed by atoms with Crippen molar-refractivity contribution >= 4 is 17.3 Å². The Morgan fingerprint density at radius 2 is 2.17 bits per heavy atom. The van der Waals surface area contributed by atoms with Crippen molar-refractivity contribution in [3.63, 3.8) is 0 Å². The number of carbonyl (C=O) groups is 1. The molecule has 0 radical (unpaired) electrons. The number of benzene rings is 1. The van der Waals surface area contributed by atoms with E-state index in [-0.39, 0.29) is 0 Å². The minimum Gasteiger partial charge on any atom is -0.497 e. The highest BCUT2D eigenvalue weighted by atomic mass is 32.1. The Bertz CT molecular complexity index is 712. The number of nitrogens with zero attached hydrogens (tertiary/aromatic N) is 1. The van der Waals surface area contributed by atoms with E-state index in [0.29, 0.717) is 12.3 Å². The van der Waals surface area contributed by atoms with E-state index in [1.54, 1.807) is 25.6 Å². The summed E-state index contributed by atoms with van der Waals surface area (Å²) in [5.74, 6) is 0.626. The molecule has 1 atom stereocenters. The van der Waals surface area contributed by atoms with Gasteiger partial charge in [-0.15, -0.1) is 11.3 Å². The molecule has 1 aliphatic heterocycles. The van der Waals surface area contributed by atoms with Gasteiger partial charge in [0.15, 0.2) is 0 Å². The Morgan fingerprint density at radius 3 is 2.87 bits per heavy atom. The van der Waals surface area contributed by atoms with Crippen LogP contribution in [-0.2, 0) is 17.8 Å². The molecule has 6 heteroatoms. The van der Waals surface area contributed by atoms with E-state index in [9.17, 15) is 9.90 Å². The summed E-state index contributed by atoms with van der Waals surface area (Å²) in [4.78, 5) is 14.9. The first-order valence-electron chi connectivity index (χ1n) is 7.38. The lowest BCUT2D eigenvalue weighted by molar-refractivity contribution is -0.144. The number of aliphatic carboxylic acids is 1. The smallest absolute Gasteiger partial charge is 0.325 e. The highest BCUT2D eigenvalue weighted by Gasteiger charge is 2.34. The molecule has 0 fully saturated rings. The second-order valence-electron chi connectivity index (χ2n) is 5.44. The fourth-order valence-corrected chi connectivity index (χ4v) is 3.93. The highest BCUT2D eigenvalue weighted by molar-refractivity contribution is 7.10. The van der Waals surface area contributed by atoms with Crippen LogP contribution < -0.4 is 9.47 Å². The van der Waals surface area contributed by atoms with Crippen molar-refractivity contribution < 1.29 is 19.4 Å². The molecule has 2 aromatic rings. The topological polar surface area (TPSA) is 59.0 Å². The largest absolute Gasteiger partial charge is 0.497 e. The van der Waals surface area contributed by atoms with Crippen molar-refractivity contribution in [3.05, 3.63) is 45.6 Å². The number of fused-ring (bicyclic) bond motifs is 1. The number of carboxylic acid groups (broad SMARTS) is 1. The molecule has 1 aliphatic rings. The number of hydrogen-bond donors (Lipinski definition) is 1. The molecule has 1 aromatic heterocycles. The van der Waals surface area contributed by atoms with Crippen molar-refractivity contribution in [1.29, 1.82) is 0 Å². The molecule has 0 saturated carbocycles. The van der Waals surface area contributed by atoms with Crippen LogP contribution in [0.3, 0.4) is 0 Å². The lowest BCUT2D eigenvalue weighted by atomic mass is 9.99. The van der Waals surface area contributed by atoms with Gasteiger partial charge in [-0.1, -0.05) is 6.07 Å². The lowest BCUT2D eigenvalue weighted by Crippen LogP contribution is -2.38. The van der Waals surface area contributed by atoms with E-state index in [1.165, 1.54) is 4.88 Å². The monoisotopic (exact) mass is 333 g/mol. The molecule has 0 spiro atoms. The Hall–Kier alpha value is -2.05. The van der Waals surface area contributed by atoms with Crippen LogP contribution in [0.2, 0.25) is 0 Å². The van der Waals surface area contributed by atoms with Gasteiger partial charge in [0.1, 0.15) is 17.5 Å². The summed E-state index contributed by atoms with van der Waals surface area (Å²) in [6.45, 7) is 1.25. The second kappa shape index (κ2) is 6.60. The Labute approximate surface area is 139 Å². The molecule has 1 unspecified atom stereocenters. The molecule has 0 amide bonds. The van der Waals surface area contributed by atoms with Crippen molar-refractivity contribution in [2.75, 3.05) is 20.8 Å². The molecule has 122 valence electrons. The number of hydrogen-bond acceptors (Lipinski definition) is 5. The fraction of sp³-hybridized carbons (Fsp3) is 0.353. The molecule has 0 saturated heterocycles. The Balaban J connectivity index is 1.89. The molecule has 1 aromatic carbocycles. The van der Waals surface area contributed by atoms with Crippen LogP contribution in [0.1, 0.15) is 22.0 Å². The summed E-state index contributed by atoms with van der Waals surface area (Å²) >= 11 is 1.64. The molecule has 23 heavy (non-hydrogen) atoms. The normalized spacial score (nSPS) is 17.6. The summed E-state index contributed by atoms with van der Waals surface area (Å²) in [5, 5.41) is 11.6. The summed E-state index contributed by atoms with van der Waals surface area (Å²) in [6.07, 6.45) is 0.884. The van der Waals surface area contributed by atoms with Gasteiger partial charge in [0, 0.05) is 29.6 Å². The zero-order chi connectivity index (χ0) is 16.4. The second-order valence-corrected chi connectivity index (χ2v) is 6.44. The zero-order valence-electron chi connectivity index (χ0n) is 13.1. The van der Waals surface area contributed by atoms with Crippen LogP contribution in [0.15, 0.2) is 29.6 Å². The van der Waals surface area contributed by atoms with Crippen molar-refractivity contribution in [3.8, 4) is 11.5 Å². The zero-order valence-corrected chi connectivity index (χ0v) is 13.9. The SMILES string of the molecule is COc1ccc(CN2CCc3sccc3C2C(=O)O)c(OC)c1. The first-order chi connectivity index (χ1) is 11.1. The highest BCUT2D eigenvalue weighted by Crippen LogP contribution is 2.36. The fourth-order valence-electron chi connectivity index (χ4n) is 3.03. The van der Waals surface area contributed by atoms with Crippen LogP contribution in [0.25, 0.3) is 0 Å². The predicted molar refractivity (Wildman–Crippen MR) is 88.4 cm³/mol. The first kappa shape index (κ1) is 15.8. The van der Waals surface area contributed by atoms with Crippen LogP contribution in [0.5, 0.6) is 11.5 Å². The lowest BCUT2D eigenvalue weighted by Gasteiger charge is -2.33. The Morgan fingerprint density at radius 1 is 1.35 bits per heavy atom. The quantitative estimate of drug-likeness (QED) is 0.912. The summed E-state index contributed by atoms with van der Waals surface area (Å²) < 4.78 is 10.6. The van der Waals surface area contributed by atoms with Gasteiger partial charge >= 0.3 is 5.97 Å². The molecular weight excluding hydrogens is 314 g/mol. The van der Waals surface area contributed by atoms with E-state index >= 15 is 0 Å². The number of thiophene rings is 1. The van der Waals surface area contributed by atoms with Crippen LogP contribution in [0.4, 0.5) is 0 Å². The van der Waals surface area contributed by atoms with E-state index in [4.69, 9.17) is 9.47 Å². The van der Waals surface area contributed by atoms with Crippen molar-refractivity contribution in [2.45, 2.75) is 19.0 Å². The van der Waals surface area contributed by atoms with Gasteiger partial charge in [0.2, 0.25) is 0 Å². The van der Waals surface area contributed by atoms with Crippen molar-refractivity contribution in [1.82, 2.24) is 4.90 Å². The molecular formula is C17H19NO4S. The maximum absolute atomic E-state index is 11.8. The molecule has 1 N–H and O–H groups in total. The van der Waals surface area contributed by atoms with Gasteiger partial charge in [0.05, 0.1) is 14.2 Å². The first-order valence-corrected chi connectivity index (χ1v) is 8.26. The third-order valence-corrected chi connectivity index (χ3v) is 5.16. The molecule has 3 rings (SSSR count). The molecule has 5 nitrogen and oxygen atoms in total. The minimum absolute atomic E-state index is 0.527. The number of methoxy groups -OCH3 is 2. The third-order valence-electron chi connectivity index (χ3n) is 4.17. The maximum Gasteiger partial charge on any atom is 0.325 e. The molecule has 0 bridgehead atoms. The van der Waals surface area contributed by atoms with Gasteiger partial charge < -0.3 is 14.6 Å². The van der Waals surface area contributed by atoms with E-state index in [2.05, 4.69) is 0 Å².